The average Bonchev–Trinajstić information content (AvgIpc) is 1.98. The molecule has 0 aliphatic heterocycles. The third-order valence-electron chi connectivity index (χ3n) is 1.44. The maximum Gasteiger partial charge on any atom is 0.237 e. The van der Waals surface area contributed by atoms with Gasteiger partial charge in [-0.1, -0.05) is 19.9 Å². The highest BCUT2D eigenvalue weighted by Gasteiger charge is 2.15. The minimum Gasteiger partial charge on any atom is -0.351 e. The van der Waals surface area contributed by atoms with Gasteiger partial charge in [-0.05, 0) is 5.92 Å². The number of hydrogen-bond acceptors (Lipinski definition) is 2. The Kier molecular flexibility index (Phi) is 4.54. The lowest BCUT2D eigenvalue weighted by Crippen LogP contribution is -2.43. The van der Waals surface area contributed by atoms with E-state index in [0.29, 0.717) is 6.54 Å². The number of carbonyl (C=O) groups excluding carboxylic acids is 1. The molecule has 0 spiro atoms. The van der Waals surface area contributed by atoms with E-state index in [-0.39, 0.29) is 11.8 Å². The summed E-state index contributed by atoms with van der Waals surface area (Å²) in [5, 5.41) is 2.63. The zero-order valence-corrected chi connectivity index (χ0v) is 7.13. The van der Waals surface area contributed by atoms with Crippen LogP contribution in [0.2, 0.25) is 0 Å². The van der Waals surface area contributed by atoms with Crippen LogP contribution in [0.25, 0.3) is 0 Å². The number of amides is 1. The van der Waals surface area contributed by atoms with Crippen LogP contribution in [-0.2, 0) is 4.79 Å². The molecule has 3 nitrogen and oxygen atoms in total. The van der Waals surface area contributed by atoms with Gasteiger partial charge in [-0.2, -0.15) is 0 Å². The minimum atomic E-state index is -0.407. The van der Waals surface area contributed by atoms with Crippen molar-refractivity contribution in [1.29, 1.82) is 0 Å². The van der Waals surface area contributed by atoms with E-state index in [1.54, 1.807) is 6.08 Å². The molecule has 0 rings (SSSR count). The molecule has 0 aromatic carbocycles. The minimum absolute atomic E-state index is 0.111. The van der Waals surface area contributed by atoms with E-state index in [1.807, 2.05) is 13.8 Å². The van der Waals surface area contributed by atoms with Gasteiger partial charge in [0, 0.05) is 6.54 Å². The first kappa shape index (κ1) is 10.2. The van der Waals surface area contributed by atoms with E-state index in [0.717, 1.165) is 0 Å². The van der Waals surface area contributed by atoms with Crippen molar-refractivity contribution < 1.29 is 4.79 Å². The molecule has 0 bridgehead atoms. The van der Waals surface area contributed by atoms with Crippen LogP contribution in [-0.4, -0.2) is 18.5 Å². The van der Waals surface area contributed by atoms with E-state index in [1.165, 1.54) is 0 Å². The van der Waals surface area contributed by atoms with Gasteiger partial charge in [0.25, 0.3) is 0 Å². The molecule has 11 heavy (non-hydrogen) atoms. The van der Waals surface area contributed by atoms with Crippen LogP contribution in [0.15, 0.2) is 12.7 Å². The summed E-state index contributed by atoms with van der Waals surface area (Å²) in [5.41, 5.74) is 5.55. The zero-order chi connectivity index (χ0) is 8.85. The summed E-state index contributed by atoms with van der Waals surface area (Å²) in [6.07, 6.45) is 1.63. The van der Waals surface area contributed by atoms with Crippen LogP contribution < -0.4 is 11.1 Å². The second kappa shape index (κ2) is 4.91. The lowest BCUT2D eigenvalue weighted by atomic mass is 10.1. The normalized spacial score (nSPS) is 12.7. The molecule has 0 heterocycles. The molecule has 64 valence electrons. The first-order chi connectivity index (χ1) is 5.09. The molecule has 0 saturated heterocycles. The molecule has 0 fully saturated rings. The molecule has 3 N–H and O–H groups in total. The van der Waals surface area contributed by atoms with Crippen molar-refractivity contribution in [2.45, 2.75) is 19.9 Å². The summed E-state index contributed by atoms with van der Waals surface area (Å²) in [6, 6.07) is -0.407. The largest absolute Gasteiger partial charge is 0.351 e. The summed E-state index contributed by atoms with van der Waals surface area (Å²) >= 11 is 0. The molecule has 0 aliphatic carbocycles. The molecular weight excluding hydrogens is 140 g/mol. The first-order valence-electron chi connectivity index (χ1n) is 3.73. The van der Waals surface area contributed by atoms with Gasteiger partial charge in [-0.15, -0.1) is 6.58 Å². The molecular formula is C8H16N2O. The summed E-state index contributed by atoms with van der Waals surface area (Å²) in [7, 11) is 0. The van der Waals surface area contributed by atoms with Crippen molar-refractivity contribution >= 4 is 5.91 Å². The van der Waals surface area contributed by atoms with Crippen LogP contribution in [0.3, 0.4) is 0 Å². The fourth-order valence-corrected chi connectivity index (χ4v) is 0.593. The number of rotatable bonds is 4. The Morgan fingerprint density at radius 2 is 2.27 bits per heavy atom. The van der Waals surface area contributed by atoms with Crippen molar-refractivity contribution in [1.82, 2.24) is 5.32 Å². The molecule has 1 amide bonds. The summed E-state index contributed by atoms with van der Waals surface area (Å²) in [4.78, 5) is 11.1. The van der Waals surface area contributed by atoms with Crippen molar-refractivity contribution in [3.05, 3.63) is 12.7 Å². The van der Waals surface area contributed by atoms with E-state index in [4.69, 9.17) is 5.73 Å². The Labute approximate surface area is 67.7 Å². The van der Waals surface area contributed by atoms with Crippen molar-refractivity contribution in [3.8, 4) is 0 Å². The van der Waals surface area contributed by atoms with Gasteiger partial charge in [0.05, 0.1) is 6.04 Å². The van der Waals surface area contributed by atoms with Crippen molar-refractivity contribution in [2.24, 2.45) is 11.7 Å². The number of hydrogen-bond donors (Lipinski definition) is 2. The molecule has 1 atom stereocenters. The molecule has 0 aromatic heterocycles. The van der Waals surface area contributed by atoms with E-state index in [9.17, 15) is 4.79 Å². The standard InChI is InChI=1S/C8H16N2O/c1-4-5-10-8(11)7(9)6(2)3/h4,6-7H,1,5,9H2,2-3H3,(H,10,11). The number of nitrogens with two attached hydrogens (primary N) is 1. The van der Waals surface area contributed by atoms with Crippen molar-refractivity contribution in [3.63, 3.8) is 0 Å². The maximum absolute atomic E-state index is 11.1. The number of carbonyl (C=O) groups is 1. The van der Waals surface area contributed by atoms with Crippen LogP contribution in [0.1, 0.15) is 13.8 Å². The van der Waals surface area contributed by atoms with Gasteiger partial charge in [-0.3, -0.25) is 4.79 Å². The molecule has 0 aliphatic rings. The van der Waals surface area contributed by atoms with Gasteiger partial charge < -0.3 is 11.1 Å². The highest BCUT2D eigenvalue weighted by molar-refractivity contribution is 5.81. The Morgan fingerprint density at radius 3 is 2.64 bits per heavy atom. The summed E-state index contributed by atoms with van der Waals surface area (Å²) < 4.78 is 0. The van der Waals surface area contributed by atoms with E-state index in [2.05, 4.69) is 11.9 Å². The number of nitrogens with one attached hydrogen (secondary N) is 1. The third kappa shape index (κ3) is 3.78. The molecule has 1 unspecified atom stereocenters. The van der Waals surface area contributed by atoms with Gasteiger partial charge in [-0.25, -0.2) is 0 Å². The van der Waals surface area contributed by atoms with E-state index < -0.39 is 6.04 Å². The predicted molar refractivity (Wildman–Crippen MR) is 46.0 cm³/mol. The lowest BCUT2D eigenvalue weighted by Gasteiger charge is -2.13. The van der Waals surface area contributed by atoms with Crippen LogP contribution in [0, 0.1) is 5.92 Å². The molecule has 0 aromatic rings. The highest BCUT2D eigenvalue weighted by Crippen LogP contribution is 1.96. The topological polar surface area (TPSA) is 55.1 Å². The Balaban J connectivity index is 3.73. The Bertz CT molecular complexity index is 143. The predicted octanol–water partition coefficient (Wildman–Crippen LogP) is 0.272. The first-order valence-corrected chi connectivity index (χ1v) is 3.73. The van der Waals surface area contributed by atoms with Gasteiger partial charge >= 0.3 is 0 Å². The van der Waals surface area contributed by atoms with Crippen molar-refractivity contribution in [2.75, 3.05) is 6.54 Å². The van der Waals surface area contributed by atoms with Crippen LogP contribution in [0.4, 0.5) is 0 Å². The molecule has 0 saturated carbocycles. The SMILES string of the molecule is C=CCNC(=O)C(N)C(C)C. The Hall–Kier alpha value is -0.830. The lowest BCUT2D eigenvalue weighted by molar-refractivity contribution is -0.123. The quantitative estimate of drug-likeness (QED) is 0.574. The molecule has 0 radical (unpaired) electrons. The highest BCUT2D eigenvalue weighted by atomic mass is 16.2. The van der Waals surface area contributed by atoms with Crippen LogP contribution >= 0.6 is 0 Å². The van der Waals surface area contributed by atoms with E-state index >= 15 is 0 Å². The second-order valence-corrected chi connectivity index (χ2v) is 2.80. The van der Waals surface area contributed by atoms with Gasteiger partial charge in [0.1, 0.15) is 0 Å². The summed E-state index contributed by atoms with van der Waals surface area (Å²) in [6.45, 7) is 7.80. The fourth-order valence-electron chi connectivity index (χ4n) is 0.593. The summed E-state index contributed by atoms with van der Waals surface area (Å²) in [5.74, 6) is 0.0692. The van der Waals surface area contributed by atoms with Gasteiger partial charge in [0.15, 0.2) is 0 Å². The monoisotopic (exact) mass is 156 g/mol. The van der Waals surface area contributed by atoms with Crippen LogP contribution in [0.5, 0.6) is 0 Å². The van der Waals surface area contributed by atoms with Gasteiger partial charge in [0.2, 0.25) is 5.91 Å². The fraction of sp³-hybridized carbons (Fsp3) is 0.625. The average molecular weight is 156 g/mol. The third-order valence-corrected chi connectivity index (χ3v) is 1.44. The smallest absolute Gasteiger partial charge is 0.237 e. The Morgan fingerprint density at radius 1 is 1.73 bits per heavy atom. The second-order valence-electron chi connectivity index (χ2n) is 2.80. The molecule has 3 heteroatoms. The maximum atomic E-state index is 11.1. The zero-order valence-electron chi connectivity index (χ0n) is 7.13.